The number of amides is 3. The molecule has 1 rings (SSSR count). The first-order valence-electron chi connectivity index (χ1n) is 7.83. The van der Waals surface area contributed by atoms with Gasteiger partial charge < -0.3 is 21.3 Å². The zero-order valence-electron chi connectivity index (χ0n) is 13.9. The zero-order valence-corrected chi connectivity index (χ0v) is 14.7. The highest BCUT2D eigenvalue weighted by Crippen LogP contribution is 2.12. The number of rotatable bonds is 12. The molecule has 138 valence electrons. The lowest BCUT2D eigenvalue weighted by atomic mass is 10.2. The summed E-state index contributed by atoms with van der Waals surface area (Å²) in [6, 6.07) is 3.68. The molecule has 0 saturated heterocycles. The van der Waals surface area contributed by atoms with Gasteiger partial charge in [-0.25, -0.2) is 0 Å². The van der Waals surface area contributed by atoms with Gasteiger partial charge in [-0.3, -0.25) is 14.4 Å². The van der Waals surface area contributed by atoms with Crippen molar-refractivity contribution in [2.45, 2.75) is 19.4 Å². The molecule has 0 spiro atoms. The third kappa shape index (κ3) is 7.86. The molecule has 1 aromatic rings. The van der Waals surface area contributed by atoms with Gasteiger partial charge in [0.1, 0.15) is 0 Å². The average Bonchev–Trinajstić information content (AvgIpc) is 3.06. The maximum absolute atomic E-state index is 12.6. The monoisotopic (exact) mass is 369 g/mol. The van der Waals surface area contributed by atoms with Crippen LogP contribution in [0.1, 0.15) is 17.7 Å². The van der Waals surface area contributed by atoms with Crippen molar-refractivity contribution in [3.8, 4) is 0 Å². The van der Waals surface area contributed by atoms with Gasteiger partial charge in [-0.05, 0) is 30.8 Å². The Morgan fingerprint density at radius 2 is 1.88 bits per heavy atom. The minimum atomic E-state index is -0.638. The van der Waals surface area contributed by atoms with Gasteiger partial charge in [0, 0.05) is 11.4 Å². The van der Waals surface area contributed by atoms with E-state index in [0.717, 1.165) is 4.88 Å². The fourth-order valence-corrected chi connectivity index (χ4v) is 2.89. The van der Waals surface area contributed by atoms with Crippen LogP contribution >= 0.6 is 11.3 Å². The summed E-state index contributed by atoms with van der Waals surface area (Å²) in [5.74, 6) is -1.59. The smallest absolute Gasteiger partial charge is 0.248 e. The third-order valence-electron chi connectivity index (χ3n) is 3.39. The zero-order chi connectivity index (χ0) is 18.7. The second-order valence-corrected chi connectivity index (χ2v) is 6.43. The number of unbranched alkanes of at least 4 members (excludes halogenated alkanes) is 1. The quantitative estimate of drug-likeness (QED) is 0.391. The lowest BCUT2D eigenvalue weighted by molar-refractivity contribution is -0.141. The minimum Gasteiger partial charge on any atom is -0.368 e. The van der Waals surface area contributed by atoms with E-state index in [4.69, 9.17) is 11.5 Å². The van der Waals surface area contributed by atoms with Crippen LogP contribution in [0.3, 0.4) is 0 Å². The third-order valence-corrected chi connectivity index (χ3v) is 4.25. The van der Waals surface area contributed by atoms with Gasteiger partial charge in [-0.15, -0.1) is 11.3 Å². The highest BCUT2D eigenvalue weighted by molar-refractivity contribution is 7.09. The number of nitroso groups, excluding NO2 is 1. The Hall–Kier alpha value is -2.33. The molecule has 0 aromatic carbocycles. The largest absolute Gasteiger partial charge is 0.368 e. The van der Waals surface area contributed by atoms with Gasteiger partial charge in [0.25, 0.3) is 0 Å². The van der Waals surface area contributed by atoms with Crippen molar-refractivity contribution < 1.29 is 14.4 Å². The summed E-state index contributed by atoms with van der Waals surface area (Å²) in [6.07, 6.45) is 1.29. The molecule has 0 aliphatic rings. The molecule has 10 heteroatoms. The lowest BCUT2D eigenvalue weighted by Gasteiger charge is -2.26. The SMILES string of the molecule is NCCCCN(CC(=O)N(CC(N)=O)Cc1cccs1)C(=O)CN=O. The number of hydrogen-bond donors (Lipinski definition) is 2. The van der Waals surface area contributed by atoms with Crippen molar-refractivity contribution in [2.24, 2.45) is 16.6 Å². The Morgan fingerprint density at radius 3 is 2.44 bits per heavy atom. The Kier molecular flexibility index (Phi) is 9.33. The molecule has 0 radical (unpaired) electrons. The Balaban J connectivity index is 2.77. The van der Waals surface area contributed by atoms with Crippen molar-refractivity contribution in [1.29, 1.82) is 0 Å². The van der Waals surface area contributed by atoms with Crippen molar-refractivity contribution in [1.82, 2.24) is 9.80 Å². The standard InChI is InChI=1S/C15H23N5O4S/c16-5-1-2-6-19(14(22)8-18-24)11-15(23)20(10-13(17)21)9-12-4-3-7-25-12/h3-4,7H,1-2,5-6,8-11,16H2,(H2,17,21). The van der Waals surface area contributed by atoms with Crippen molar-refractivity contribution >= 4 is 29.1 Å². The lowest BCUT2D eigenvalue weighted by Crippen LogP contribution is -2.46. The molecule has 1 aromatic heterocycles. The summed E-state index contributed by atoms with van der Waals surface area (Å²) in [4.78, 5) is 49.6. The van der Waals surface area contributed by atoms with Crippen LogP contribution in [0.4, 0.5) is 0 Å². The molecule has 9 nitrogen and oxygen atoms in total. The fraction of sp³-hybridized carbons (Fsp3) is 0.533. The molecule has 0 aliphatic heterocycles. The van der Waals surface area contributed by atoms with E-state index in [9.17, 15) is 19.3 Å². The molecule has 0 atom stereocenters. The topological polar surface area (TPSA) is 139 Å². The Bertz CT molecular complexity index is 578. The summed E-state index contributed by atoms with van der Waals surface area (Å²) < 4.78 is 0. The summed E-state index contributed by atoms with van der Waals surface area (Å²) in [7, 11) is 0. The number of carbonyl (C=O) groups excluding carboxylic acids is 3. The molecule has 3 amide bonds. The van der Waals surface area contributed by atoms with Crippen LogP contribution in [0.2, 0.25) is 0 Å². The number of nitrogens with zero attached hydrogens (tertiary/aromatic N) is 3. The molecule has 0 saturated carbocycles. The molecule has 25 heavy (non-hydrogen) atoms. The fourth-order valence-electron chi connectivity index (χ4n) is 2.17. The summed E-state index contributed by atoms with van der Waals surface area (Å²) in [5, 5.41) is 4.44. The van der Waals surface area contributed by atoms with E-state index in [1.807, 2.05) is 17.5 Å². The number of hydrogen-bond acceptors (Lipinski definition) is 7. The van der Waals surface area contributed by atoms with Gasteiger partial charge in [-0.1, -0.05) is 11.2 Å². The normalized spacial score (nSPS) is 10.3. The van der Waals surface area contributed by atoms with E-state index in [1.165, 1.54) is 21.1 Å². The van der Waals surface area contributed by atoms with Crippen LogP contribution in [0.15, 0.2) is 22.7 Å². The van der Waals surface area contributed by atoms with E-state index in [-0.39, 0.29) is 19.6 Å². The maximum Gasteiger partial charge on any atom is 0.248 e. The number of carbonyl (C=O) groups is 3. The van der Waals surface area contributed by atoms with Crippen molar-refractivity contribution in [3.05, 3.63) is 27.3 Å². The van der Waals surface area contributed by atoms with Gasteiger partial charge in [0.05, 0.1) is 19.6 Å². The van der Waals surface area contributed by atoms with E-state index in [0.29, 0.717) is 25.9 Å². The van der Waals surface area contributed by atoms with E-state index in [2.05, 4.69) is 5.18 Å². The predicted octanol–water partition coefficient (Wildman–Crippen LogP) is -0.104. The van der Waals surface area contributed by atoms with E-state index < -0.39 is 24.3 Å². The highest BCUT2D eigenvalue weighted by atomic mass is 32.1. The predicted molar refractivity (Wildman–Crippen MR) is 94.5 cm³/mol. The first kappa shape index (κ1) is 20.7. The Morgan fingerprint density at radius 1 is 1.12 bits per heavy atom. The maximum atomic E-state index is 12.6. The molecule has 0 fully saturated rings. The van der Waals surface area contributed by atoms with E-state index >= 15 is 0 Å². The van der Waals surface area contributed by atoms with Crippen LogP contribution in [-0.4, -0.2) is 60.2 Å². The van der Waals surface area contributed by atoms with Gasteiger partial charge in [0.15, 0.2) is 6.54 Å². The molecular formula is C15H23N5O4S. The summed E-state index contributed by atoms with van der Waals surface area (Å²) >= 11 is 1.45. The number of nitrogens with two attached hydrogens (primary N) is 2. The van der Waals surface area contributed by atoms with Crippen LogP contribution in [-0.2, 0) is 20.9 Å². The Labute approximate surface area is 149 Å². The van der Waals surface area contributed by atoms with Crippen LogP contribution in [0, 0.1) is 4.91 Å². The summed E-state index contributed by atoms with van der Waals surface area (Å²) in [6.45, 7) is -0.0211. The molecule has 0 aliphatic carbocycles. The molecular weight excluding hydrogens is 346 g/mol. The second kappa shape index (κ2) is 11.3. The van der Waals surface area contributed by atoms with Crippen LogP contribution in [0.25, 0.3) is 0 Å². The molecule has 0 unspecified atom stereocenters. The number of primary amides is 1. The van der Waals surface area contributed by atoms with Crippen LogP contribution < -0.4 is 11.5 Å². The second-order valence-electron chi connectivity index (χ2n) is 5.39. The average molecular weight is 369 g/mol. The van der Waals surface area contributed by atoms with Gasteiger partial charge >= 0.3 is 0 Å². The van der Waals surface area contributed by atoms with Crippen molar-refractivity contribution in [3.63, 3.8) is 0 Å². The molecule has 4 N–H and O–H groups in total. The van der Waals surface area contributed by atoms with Gasteiger partial charge in [0.2, 0.25) is 17.7 Å². The first-order valence-corrected chi connectivity index (χ1v) is 8.71. The summed E-state index contributed by atoms with van der Waals surface area (Å²) in [5.41, 5.74) is 10.6. The highest BCUT2D eigenvalue weighted by Gasteiger charge is 2.22. The first-order chi connectivity index (χ1) is 12.0. The van der Waals surface area contributed by atoms with Crippen molar-refractivity contribution in [2.75, 3.05) is 32.7 Å². The molecule has 0 bridgehead atoms. The molecule has 1 heterocycles. The minimum absolute atomic E-state index is 0.232. The van der Waals surface area contributed by atoms with Gasteiger partial charge in [-0.2, -0.15) is 4.91 Å². The van der Waals surface area contributed by atoms with Crippen LogP contribution in [0.5, 0.6) is 0 Å². The van der Waals surface area contributed by atoms with E-state index in [1.54, 1.807) is 0 Å². The number of thiophene rings is 1.